The first-order chi connectivity index (χ1) is 13.1. The minimum atomic E-state index is -0.477. The summed E-state index contributed by atoms with van der Waals surface area (Å²) in [5.74, 6) is -0.929. The number of nitrogens with zero attached hydrogens (tertiary/aromatic N) is 1. The summed E-state index contributed by atoms with van der Waals surface area (Å²) in [4.78, 5) is 17.8. The zero-order valence-corrected chi connectivity index (χ0v) is 16.6. The van der Waals surface area contributed by atoms with Crippen LogP contribution in [0.25, 0.3) is 11.1 Å². The maximum Gasteiger partial charge on any atom is 0.269 e. The van der Waals surface area contributed by atoms with E-state index >= 15 is 0 Å². The van der Waals surface area contributed by atoms with Crippen LogP contribution in [0.4, 0.5) is 4.39 Å². The third kappa shape index (κ3) is 5.09. The number of hydrogen-bond acceptors (Lipinski definition) is 4. The SMILES string of the molecule is CCN1CCC(SNNC(=O)c2cc(-c3ccccc3)cc(C)c2F)CC1. The van der Waals surface area contributed by atoms with Crippen LogP contribution in [0.3, 0.4) is 0 Å². The van der Waals surface area contributed by atoms with Crippen molar-refractivity contribution >= 4 is 17.9 Å². The Morgan fingerprint density at radius 1 is 1.19 bits per heavy atom. The standard InChI is InChI=1S/C21H26FN3OS/c1-3-25-11-9-18(10-12-25)27-24-23-21(26)19-14-17(13-15(2)20(19)22)16-7-5-4-6-8-16/h4-8,13-14,18,24H,3,9-12H2,1-2H3,(H,23,26). The first-order valence-electron chi connectivity index (χ1n) is 9.37. The molecule has 1 heterocycles. The molecule has 2 aromatic carbocycles. The number of hydrazine groups is 1. The molecule has 0 unspecified atom stereocenters. The molecule has 0 bridgehead atoms. The van der Waals surface area contributed by atoms with Crippen molar-refractivity contribution in [2.45, 2.75) is 31.9 Å². The van der Waals surface area contributed by atoms with Gasteiger partial charge < -0.3 is 4.90 Å². The molecule has 0 atom stereocenters. The van der Waals surface area contributed by atoms with E-state index < -0.39 is 11.7 Å². The van der Waals surface area contributed by atoms with E-state index in [4.69, 9.17) is 0 Å². The fourth-order valence-corrected chi connectivity index (χ4v) is 4.07. The Morgan fingerprint density at radius 3 is 2.56 bits per heavy atom. The predicted molar refractivity (Wildman–Crippen MR) is 110 cm³/mol. The Morgan fingerprint density at radius 2 is 1.89 bits per heavy atom. The van der Waals surface area contributed by atoms with Crippen molar-refractivity contribution in [2.24, 2.45) is 0 Å². The number of carbonyl (C=O) groups is 1. The van der Waals surface area contributed by atoms with Crippen LogP contribution in [-0.2, 0) is 0 Å². The molecule has 1 aliphatic rings. The maximum atomic E-state index is 14.5. The van der Waals surface area contributed by atoms with Gasteiger partial charge in [-0.25, -0.2) is 4.39 Å². The largest absolute Gasteiger partial charge is 0.304 e. The van der Waals surface area contributed by atoms with Crippen molar-refractivity contribution in [3.63, 3.8) is 0 Å². The zero-order chi connectivity index (χ0) is 19.2. The molecule has 0 aliphatic carbocycles. The van der Waals surface area contributed by atoms with Gasteiger partial charge in [0.15, 0.2) is 0 Å². The zero-order valence-electron chi connectivity index (χ0n) is 15.8. The molecule has 2 aromatic rings. The van der Waals surface area contributed by atoms with E-state index in [1.54, 1.807) is 19.1 Å². The van der Waals surface area contributed by atoms with Crippen molar-refractivity contribution in [3.05, 3.63) is 59.4 Å². The monoisotopic (exact) mass is 387 g/mol. The molecular weight excluding hydrogens is 361 g/mol. The van der Waals surface area contributed by atoms with Crippen LogP contribution in [0, 0.1) is 12.7 Å². The minimum Gasteiger partial charge on any atom is -0.304 e. The number of carbonyl (C=O) groups excluding carboxylic acids is 1. The molecule has 1 fully saturated rings. The number of amides is 1. The van der Waals surface area contributed by atoms with Gasteiger partial charge >= 0.3 is 0 Å². The first kappa shape index (κ1) is 19.9. The highest BCUT2D eigenvalue weighted by Gasteiger charge is 2.20. The molecule has 144 valence electrons. The average Bonchev–Trinajstić information content (AvgIpc) is 2.71. The number of benzene rings is 2. The van der Waals surface area contributed by atoms with Crippen molar-refractivity contribution < 1.29 is 9.18 Å². The van der Waals surface area contributed by atoms with Gasteiger partial charge in [0.05, 0.1) is 5.56 Å². The molecule has 3 rings (SSSR count). The summed E-state index contributed by atoms with van der Waals surface area (Å²) < 4.78 is 14.5. The summed E-state index contributed by atoms with van der Waals surface area (Å²) >= 11 is 1.51. The molecule has 0 spiro atoms. The van der Waals surface area contributed by atoms with Gasteiger partial charge in [0.25, 0.3) is 5.91 Å². The second-order valence-corrected chi connectivity index (χ2v) is 7.93. The van der Waals surface area contributed by atoms with E-state index in [-0.39, 0.29) is 5.56 Å². The van der Waals surface area contributed by atoms with E-state index in [0.29, 0.717) is 10.8 Å². The minimum absolute atomic E-state index is 0.0581. The van der Waals surface area contributed by atoms with Crippen molar-refractivity contribution in [3.8, 4) is 11.1 Å². The number of hydrogen-bond donors (Lipinski definition) is 2. The van der Waals surface area contributed by atoms with Crippen molar-refractivity contribution in [1.82, 2.24) is 15.2 Å². The fraction of sp³-hybridized carbons (Fsp3) is 0.381. The lowest BCUT2D eigenvalue weighted by Gasteiger charge is -2.30. The molecule has 1 aliphatic heterocycles. The topological polar surface area (TPSA) is 44.4 Å². The van der Waals surface area contributed by atoms with E-state index in [2.05, 4.69) is 22.1 Å². The Kier molecular flexibility index (Phi) is 6.88. The summed E-state index contributed by atoms with van der Waals surface area (Å²) in [7, 11) is 0. The van der Waals surface area contributed by atoms with Gasteiger partial charge in [-0.1, -0.05) is 49.2 Å². The van der Waals surface area contributed by atoms with Crippen LogP contribution < -0.4 is 10.3 Å². The van der Waals surface area contributed by atoms with Crippen molar-refractivity contribution in [1.29, 1.82) is 0 Å². The number of rotatable bonds is 6. The summed E-state index contributed by atoms with van der Waals surface area (Å²) in [6, 6.07) is 13.1. The van der Waals surface area contributed by atoms with Gasteiger partial charge in [0, 0.05) is 5.25 Å². The summed E-state index contributed by atoms with van der Waals surface area (Å²) in [5.41, 5.74) is 4.95. The van der Waals surface area contributed by atoms with Gasteiger partial charge in [0.2, 0.25) is 0 Å². The molecule has 1 saturated heterocycles. The fourth-order valence-electron chi connectivity index (χ4n) is 3.30. The normalized spacial score (nSPS) is 15.7. The van der Waals surface area contributed by atoms with Crippen LogP contribution in [0.1, 0.15) is 35.7 Å². The molecule has 6 heteroatoms. The van der Waals surface area contributed by atoms with Crippen LogP contribution in [0.5, 0.6) is 0 Å². The molecule has 0 radical (unpaired) electrons. The quantitative estimate of drug-likeness (QED) is 0.577. The van der Waals surface area contributed by atoms with Gasteiger partial charge in [-0.3, -0.25) is 10.2 Å². The Labute approximate surface area is 164 Å². The van der Waals surface area contributed by atoms with Gasteiger partial charge in [-0.2, -0.15) is 4.83 Å². The van der Waals surface area contributed by atoms with E-state index in [9.17, 15) is 9.18 Å². The highest BCUT2D eigenvalue weighted by Crippen LogP contribution is 2.25. The second-order valence-electron chi connectivity index (χ2n) is 6.83. The lowest BCUT2D eigenvalue weighted by molar-refractivity contribution is 0.0942. The van der Waals surface area contributed by atoms with E-state index in [1.807, 2.05) is 30.3 Å². The van der Waals surface area contributed by atoms with Crippen LogP contribution in [-0.4, -0.2) is 35.7 Å². The molecular formula is C21H26FN3OS. The molecule has 2 N–H and O–H groups in total. The maximum absolute atomic E-state index is 14.5. The van der Waals surface area contributed by atoms with Crippen LogP contribution in [0.15, 0.2) is 42.5 Å². The average molecular weight is 388 g/mol. The Balaban J connectivity index is 1.62. The lowest BCUT2D eigenvalue weighted by Crippen LogP contribution is -2.39. The molecule has 1 amide bonds. The second kappa shape index (κ2) is 9.35. The molecule has 27 heavy (non-hydrogen) atoms. The Hall–Kier alpha value is -1.89. The molecule has 4 nitrogen and oxygen atoms in total. The molecule has 0 aromatic heterocycles. The van der Waals surface area contributed by atoms with E-state index in [1.165, 1.54) is 11.9 Å². The number of likely N-dealkylation sites (tertiary alicyclic amines) is 1. The number of piperidine rings is 1. The summed E-state index contributed by atoms with van der Waals surface area (Å²) in [5, 5.41) is 0.454. The Bertz CT molecular complexity index is 776. The lowest BCUT2D eigenvalue weighted by atomic mass is 9.99. The van der Waals surface area contributed by atoms with Gasteiger partial charge in [0.1, 0.15) is 5.82 Å². The highest BCUT2D eigenvalue weighted by molar-refractivity contribution is 7.98. The van der Waals surface area contributed by atoms with Crippen molar-refractivity contribution in [2.75, 3.05) is 19.6 Å². The highest BCUT2D eigenvalue weighted by atomic mass is 32.2. The molecule has 0 saturated carbocycles. The van der Waals surface area contributed by atoms with Gasteiger partial charge in [-0.05, 0) is 68.2 Å². The predicted octanol–water partition coefficient (Wildman–Crippen LogP) is 4.17. The van der Waals surface area contributed by atoms with Gasteiger partial charge in [-0.15, -0.1) is 0 Å². The van der Waals surface area contributed by atoms with Crippen LogP contribution in [0.2, 0.25) is 0 Å². The third-order valence-corrected chi connectivity index (χ3v) is 6.00. The number of nitrogens with one attached hydrogen (secondary N) is 2. The van der Waals surface area contributed by atoms with E-state index in [0.717, 1.165) is 43.6 Å². The summed E-state index contributed by atoms with van der Waals surface area (Å²) in [6.07, 6.45) is 2.16. The third-order valence-electron chi connectivity index (χ3n) is 4.98. The number of aryl methyl sites for hydroxylation is 1. The first-order valence-corrected chi connectivity index (χ1v) is 10.3. The summed E-state index contributed by atoms with van der Waals surface area (Å²) in [6.45, 7) is 7.10. The number of halogens is 1. The smallest absolute Gasteiger partial charge is 0.269 e. The van der Waals surface area contributed by atoms with Crippen LogP contribution >= 0.6 is 11.9 Å².